The molecule has 0 bridgehead atoms. The quantitative estimate of drug-likeness (QED) is 0.645. The third-order valence-electron chi connectivity index (χ3n) is 7.54. The van der Waals surface area contributed by atoms with Gasteiger partial charge in [-0.2, -0.15) is 0 Å². The molecular weight excluding hydrogens is 424 g/mol. The number of fused-ring (bicyclic) bond motifs is 1. The summed E-state index contributed by atoms with van der Waals surface area (Å²) in [5, 5.41) is 2.86. The number of rotatable bonds is 5. The van der Waals surface area contributed by atoms with Crippen LogP contribution in [-0.4, -0.2) is 70.4 Å². The molecule has 0 aromatic carbocycles. The molecular formula is C24H38N4O5. The number of primary amides is 1. The van der Waals surface area contributed by atoms with E-state index in [1.807, 2.05) is 0 Å². The molecule has 0 spiro atoms. The van der Waals surface area contributed by atoms with E-state index in [0.29, 0.717) is 13.0 Å². The number of alkyl carbamates (subject to hydrolysis) is 1. The monoisotopic (exact) mass is 462 g/mol. The predicted molar refractivity (Wildman–Crippen MR) is 121 cm³/mol. The van der Waals surface area contributed by atoms with Crippen LogP contribution >= 0.6 is 0 Å². The molecule has 4 fully saturated rings. The highest BCUT2D eigenvalue weighted by atomic mass is 16.6. The molecule has 0 aromatic rings. The van der Waals surface area contributed by atoms with Crippen molar-refractivity contribution >= 4 is 23.8 Å². The largest absolute Gasteiger partial charge is 0.444 e. The lowest BCUT2D eigenvalue weighted by Gasteiger charge is -2.36. The first-order chi connectivity index (χ1) is 15.6. The number of carbonyl (C=O) groups is 4. The minimum Gasteiger partial charge on any atom is -0.444 e. The molecule has 0 radical (unpaired) electrons. The van der Waals surface area contributed by atoms with Crippen molar-refractivity contribution in [3.63, 3.8) is 0 Å². The van der Waals surface area contributed by atoms with Gasteiger partial charge in [0, 0.05) is 19.0 Å². The summed E-state index contributed by atoms with van der Waals surface area (Å²) in [6, 6.07) is -1.32. The van der Waals surface area contributed by atoms with Crippen molar-refractivity contribution < 1.29 is 23.9 Å². The van der Waals surface area contributed by atoms with Crippen LogP contribution in [0.1, 0.15) is 72.1 Å². The summed E-state index contributed by atoms with van der Waals surface area (Å²) < 4.78 is 5.45. The van der Waals surface area contributed by atoms with Gasteiger partial charge in [0.15, 0.2) is 0 Å². The average molecular weight is 463 g/mol. The summed E-state index contributed by atoms with van der Waals surface area (Å²) in [6.45, 7) is 6.09. The zero-order valence-corrected chi connectivity index (χ0v) is 20.0. The Morgan fingerprint density at radius 1 is 0.970 bits per heavy atom. The van der Waals surface area contributed by atoms with E-state index in [0.717, 1.165) is 44.9 Å². The van der Waals surface area contributed by atoms with Crippen LogP contribution in [0.25, 0.3) is 0 Å². The first-order valence-electron chi connectivity index (χ1n) is 12.5. The summed E-state index contributed by atoms with van der Waals surface area (Å²) >= 11 is 0. The molecule has 9 nitrogen and oxygen atoms in total. The van der Waals surface area contributed by atoms with E-state index >= 15 is 0 Å². The third-order valence-corrected chi connectivity index (χ3v) is 7.54. The number of carbonyl (C=O) groups excluding carboxylic acids is 4. The summed E-state index contributed by atoms with van der Waals surface area (Å²) in [5.41, 5.74) is 5.06. The van der Waals surface area contributed by atoms with Crippen molar-refractivity contribution in [3.8, 4) is 0 Å². The van der Waals surface area contributed by atoms with E-state index in [-0.39, 0.29) is 36.2 Å². The summed E-state index contributed by atoms with van der Waals surface area (Å²) in [5.74, 6) is -1.10. The van der Waals surface area contributed by atoms with Gasteiger partial charge in [-0.3, -0.25) is 14.4 Å². The van der Waals surface area contributed by atoms with Crippen molar-refractivity contribution in [2.24, 2.45) is 23.5 Å². The van der Waals surface area contributed by atoms with Gasteiger partial charge in [0.05, 0.1) is 18.0 Å². The van der Waals surface area contributed by atoms with Crippen LogP contribution < -0.4 is 11.1 Å². The SMILES string of the molecule is CC(C)(C)OC(=O)N[C@H](C(=O)N1CC[C@@H]2[C@H]1[C@@H](C(N)=O)CN2C(=O)C1CC1)C1CCCCC1. The Morgan fingerprint density at radius 3 is 2.21 bits per heavy atom. The lowest BCUT2D eigenvalue weighted by Crippen LogP contribution is -2.56. The lowest BCUT2D eigenvalue weighted by molar-refractivity contribution is -0.138. The molecule has 4 amide bonds. The van der Waals surface area contributed by atoms with Crippen LogP contribution in [-0.2, 0) is 19.1 Å². The normalized spacial score (nSPS) is 28.9. The Labute approximate surface area is 195 Å². The number of nitrogens with two attached hydrogens (primary N) is 1. The van der Waals surface area contributed by atoms with Gasteiger partial charge < -0.3 is 25.6 Å². The first kappa shape index (κ1) is 23.8. The fourth-order valence-electron chi connectivity index (χ4n) is 5.88. The van der Waals surface area contributed by atoms with Crippen molar-refractivity contribution in [2.75, 3.05) is 13.1 Å². The Morgan fingerprint density at radius 2 is 1.64 bits per heavy atom. The van der Waals surface area contributed by atoms with E-state index in [2.05, 4.69) is 5.32 Å². The number of hydrogen-bond acceptors (Lipinski definition) is 5. The van der Waals surface area contributed by atoms with Crippen LogP contribution in [0.4, 0.5) is 4.79 Å². The second kappa shape index (κ2) is 9.14. The van der Waals surface area contributed by atoms with Crippen molar-refractivity contribution in [2.45, 2.75) is 95.9 Å². The minimum absolute atomic E-state index is 0.0236. The number of likely N-dealkylation sites (tertiary alicyclic amines) is 2. The average Bonchev–Trinajstić information content (AvgIpc) is 3.39. The second-order valence-electron chi connectivity index (χ2n) is 11.2. The van der Waals surface area contributed by atoms with Crippen molar-refractivity contribution in [3.05, 3.63) is 0 Å². The van der Waals surface area contributed by atoms with E-state index in [9.17, 15) is 19.2 Å². The molecule has 2 saturated carbocycles. The molecule has 2 heterocycles. The van der Waals surface area contributed by atoms with Crippen molar-refractivity contribution in [1.82, 2.24) is 15.1 Å². The summed E-state index contributed by atoms with van der Waals surface area (Å²) in [7, 11) is 0. The van der Waals surface area contributed by atoms with Crippen molar-refractivity contribution in [1.29, 1.82) is 0 Å². The van der Waals surface area contributed by atoms with Gasteiger partial charge in [-0.05, 0) is 58.8 Å². The van der Waals surface area contributed by atoms with Crippen LogP contribution in [0.5, 0.6) is 0 Å². The van der Waals surface area contributed by atoms with Gasteiger partial charge in [-0.15, -0.1) is 0 Å². The first-order valence-corrected chi connectivity index (χ1v) is 12.5. The number of hydrogen-bond donors (Lipinski definition) is 2. The molecule has 2 saturated heterocycles. The van der Waals surface area contributed by atoms with Gasteiger partial charge in [-0.25, -0.2) is 4.79 Å². The topological polar surface area (TPSA) is 122 Å². The van der Waals surface area contributed by atoms with Gasteiger partial charge in [0.1, 0.15) is 11.6 Å². The fraction of sp³-hybridized carbons (Fsp3) is 0.833. The number of nitrogens with one attached hydrogen (secondary N) is 1. The van der Waals surface area contributed by atoms with E-state index in [1.54, 1.807) is 30.6 Å². The lowest BCUT2D eigenvalue weighted by atomic mass is 9.83. The smallest absolute Gasteiger partial charge is 0.408 e. The highest BCUT2D eigenvalue weighted by Gasteiger charge is 2.56. The Bertz CT molecular complexity index is 799. The Balaban J connectivity index is 1.55. The molecule has 0 unspecified atom stereocenters. The second-order valence-corrected chi connectivity index (χ2v) is 11.2. The van der Waals surface area contributed by atoms with E-state index in [4.69, 9.17) is 10.5 Å². The maximum absolute atomic E-state index is 13.9. The Kier molecular flexibility index (Phi) is 6.60. The van der Waals surface area contributed by atoms with Gasteiger partial charge >= 0.3 is 6.09 Å². The standard InChI is InChI=1S/C24H38N4O5/c1-24(2,3)33-23(32)26-18(14-7-5-4-6-8-14)22(31)27-12-11-17-19(27)16(20(25)29)13-28(17)21(30)15-9-10-15/h14-19H,4-13H2,1-3H3,(H2,25,29)(H,26,32)/t16-,17+,18-,19+/m0/s1. The van der Waals surface area contributed by atoms with Crippen LogP contribution in [0.3, 0.4) is 0 Å². The minimum atomic E-state index is -0.708. The fourth-order valence-corrected chi connectivity index (χ4v) is 5.88. The highest BCUT2D eigenvalue weighted by Crippen LogP contribution is 2.41. The molecule has 33 heavy (non-hydrogen) atoms. The number of amides is 4. The van der Waals surface area contributed by atoms with Crippen LogP contribution in [0.15, 0.2) is 0 Å². The molecule has 4 atom stereocenters. The maximum atomic E-state index is 13.9. The molecule has 3 N–H and O–H groups in total. The Hall–Kier alpha value is -2.32. The number of nitrogens with zero attached hydrogens (tertiary/aromatic N) is 2. The maximum Gasteiger partial charge on any atom is 0.408 e. The molecule has 2 aliphatic carbocycles. The van der Waals surface area contributed by atoms with Gasteiger partial charge in [-0.1, -0.05) is 19.3 Å². The third kappa shape index (κ3) is 5.11. The molecule has 0 aromatic heterocycles. The van der Waals surface area contributed by atoms with Gasteiger partial charge in [0.25, 0.3) is 0 Å². The summed E-state index contributed by atoms with van der Waals surface area (Å²) in [4.78, 5) is 55.2. The predicted octanol–water partition coefficient (Wildman–Crippen LogP) is 1.78. The molecule has 4 rings (SSSR count). The molecule has 4 aliphatic rings. The molecule has 2 aliphatic heterocycles. The zero-order chi connectivity index (χ0) is 23.9. The highest BCUT2D eigenvalue weighted by molar-refractivity contribution is 5.89. The number of ether oxygens (including phenoxy) is 1. The molecule has 9 heteroatoms. The van der Waals surface area contributed by atoms with Gasteiger partial charge in [0.2, 0.25) is 17.7 Å². The van der Waals surface area contributed by atoms with E-state index in [1.165, 1.54) is 0 Å². The zero-order valence-electron chi connectivity index (χ0n) is 20.0. The van der Waals surface area contributed by atoms with Crippen LogP contribution in [0.2, 0.25) is 0 Å². The molecule has 184 valence electrons. The van der Waals surface area contributed by atoms with Crippen LogP contribution in [0, 0.1) is 17.8 Å². The summed E-state index contributed by atoms with van der Waals surface area (Å²) in [6.07, 6.45) is 6.68. The van der Waals surface area contributed by atoms with E-state index < -0.39 is 35.6 Å².